The van der Waals surface area contributed by atoms with Crippen LogP contribution in [0.3, 0.4) is 0 Å². The number of aromatic nitrogens is 3. The first-order chi connectivity index (χ1) is 15.0. The number of nitrogens with zero attached hydrogens (tertiary/aromatic N) is 3. The van der Waals surface area contributed by atoms with Gasteiger partial charge in [0.05, 0.1) is 16.8 Å². The molecule has 0 saturated carbocycles. The van der Waals surface area contributed by atoms with Crippen LogP contribution < -0.4 is 5.32 Å². The van der Waals surface area contributed by atoms with E-state index < -0.39 is 0 Å². The maximum absolute atomic E-state index is 12.4. The Morgan fingerprint density at radius 1 is 1.13 bits per heavy atom. The van der Waals surface area contributed by atoms with Gasteiger partial charge in [-0.2, -0.15) is 0 Å². The van der Waals surface area contributed by atoms with E-state index in [1.165, 1.54) is 5.56 Å². The van der Waals surface area contributed by atoms with E-state index in [9.17, 15) is 4.79 Å². The summed E-state index contributed by atoms with van der Waals surface area (Å²) in [6.07, 6.45) is 3.49. The molecule has 1 heterocycles. The summed E-state index contributed by atoms with van der Waals surface area (Å²) in [5.74, 6) is 1.35. The molecule has 0 aliphatic carbocycles. The Bertz CT molecular complexity index is 1010. The van der Waals surface area contributed by atoms with Gasteiger partial charge in [-0.05, 0) is 37.1 Å². The van der Waals surface area contributed by atoms with Gasteiger partial charge in [0, 0.05) is 17.2 Å². The summed E-state index contributed by atoms with van der Waals surface area (Å²) >= 11 is 14.3. The second kappa shape index (κ2) is 11.6. The van der Waals surface area contributed by atoms with Crippen LogP contribution in [0.5, 0.6) is 0 Å². The van der Waals surface area contributed by atoms with Crippen molar-refractivity contribution in [2.45, 2.75) is 56.5 Å². The Balaban J connectivity index is 1.89. The summed E-state index contributed by atoms with van der Waals surface area (Å²) in [5, 5.41) is 13.6. The lowest BCUT2D eigenvalue weighted by molar-refractivity contribution is -0.121. The molecule has 2 aromatic carbocycles. The van der Waals surface area contributed by atoms with Gasteiger partial charge in [0.1, 0.15) is 0 Å². The van der Waals surface area contributed by atoms with Gasteiger partial charge in [-0.25, -0.2) is 0 Å². The number of nitrogens with one attached hydrogen (secondary N) is 1. The fraction of sp³-hybridized carbons (Fsp3) is 0.348. The number of amides is 1. The minimum absolute atomic E-state index is 0.00572. The summed E-state index contributed by atoms with van der Waals surface area (Å²) in [7, 11) is 0. The van der Waals surface area contributed by atoms with Crippen molar-refractivity contribution in [3.05, 3.63) is 70.0 Å². The van der Waals surface area contributed by atoms with E-state index in [2.05, 4.69) is 34.6 Å². The van der Waals surface area contributed by atoms with Gasteiger partial charge in [0.15, 0.2) is 11.0 Å². The Kier molecular flexibility index (Phi) is 8.81. The number of halogens is 2. The molecule has 8 heteroatoms. The average molecular weight is 477 g/mol. The smallest absolute Gasteiger partial charge is 0.220 e. The van der Waals surface area contributed by atoms with Crippen molar-refractivity contribution in [3.8, 4) is 5.69 Å². The number of hydrogen-bond donors (Lipinski definition) is 1. The van der Waals surface area contributed by atoms with Crippen LogP contribution in [0.15, 0.2) is 53.7 Å². The highest BCUT2D eigenvalue weighted by molar-refractivity contribution is 7.98. The lowest BCUT2D eigenvalue weighted by Crippen LogP contribution is -2.28. The van der Waals surface area contributed by atoms with Gasteiger partial charge in [-0.1, -0.05) is 85.1 Å². The van der Waals surface area contributed by atoms with Crippen LogP contribution in [-0.4, -0.2) is 20.7 Å². The van der Waals surface area contributed by atoms with Crippen LogP contribution in [0.1, 0.15) is 57.0 Å². The lowest BCUT2D eigenvalue weighted by atomic mass is 10.2. The number of unbranched alkanes of at least 4 members (excludes halogenated alkanes) is 2. The Morgan fingerprint density at radius 2 is 1.90 bits per heavy atom. The zero-order valence-electron chi connectivity index (χ0n) is 17.6. The average Bonchev–Trinajstić information content (AvgIpc) is 3.19. The standard InChI is InChI=1S/C23H26Cl2N4OS/c1-3-4-6-11-21(30)26-16(2)22-27-28-23(31-15-17-9-7-5-8-10-17)29(22)20-14-18(24)12-13-19(20)25/h5,7-10,12-14,16H,3-4,6,11,15H2,1-2H3,(H,26,30). The molecule has 1 amide bonds. The third-order valence-electron chi connectivity index (χ3n) is 4.79. The summed E-state index contributed by atoms with van der Waals surface area (Å²) in [6.45, 7) is 4.02. The molecule has 1 N–H and O–H groups in total. The van der Waals surface area contributed by atoms with E-state index in [1.807, 2.05) is 29.7 Å². The molecule has 0 radical (unpaired) electrons. The van der Waals surface area contributed by atoms with Crippen molar-refractivity contribution in [1.82, 2.24) is 20.1 Å². The summed E-state index contributed by atoms with van der Waals surface area (Å²) in [5.41, 5.74) is 1.87. The van der Waals surface area contributed by atoms with Crippen molar-refractivity contribution in [1.29, 1.82) is 0 Å². The number of carbonyl (C=O) groups excluding carboxylic acids is 1. The highest BCUT2D eigenvalue weighted by Crippen LogP contribution is 2.32. The Morgan fingerprint density at radius 3 is 2.65 bits per heavy atom. The van der Waals surface area contributed by atoms with E-state index in [-0.39, 0.29) is 11.9 Å². The third-order valence-corrected chi connectivity index (χ3v) is 6.35. The molecule has 0 aliphatic rings. The number of thioether (sulfide) groups is 1. The predicted molar refractivity (Wildman–Crippen MR) is 128 cm³/mol. The van der Waals surface area contributed by atoms with Gasteiger partial charge in [0.2, 0.25) is 5.91 Å². The van der Waals surface area contributed by atoms with Crippen LogP contribution >= 0.6 is 35.0 Å². The molecule has 1 atom stereocenters. The molecule has 3 rings (SSSR count). The largest absolute Gasteiger partial charge is 0.346 e. The second-order valence-electron chi connectivity index (χ2n) is 7.29. The van der Waals surface area contributed by atoms with E-state index in [0.29, 0.717) is 33.1 Å². The maximum Gasteiger partial charge on any atom is 0.220 e. The van der Waals surface area contributed by atoms with Crippen LogP contribution in [-0.2, 0) is 10.5 Å². The molecule has 0 saturated heterocycles. The first-order valence-electron chi connectivity index (χ1n) is 10.4. The van der Waals surface area contributed by atoms with Crippen molar-refractivity contribution < 1.29 is 4.79 Å². The van der Waals surface area contributed by atoms with Gasteiger partial charge >= 0.3 is 0 Å². The van der Waals surface area contributed by atoms with Crippen LogP contribution in [0.2, 0.25) is 10.0 Å². The third kappa shape index (κ3) is 6.48. The fourth-order valence-electron chi connectivity index (χ4n) is 3.17. The van der Waals surface area contributed by atoms with Crippen molar-refractivity contribution in [2.75, 3.05) is 0 Å². The van der Waals surface area contributed by atoms with Crippen LogP contribution in [0, 0.1) is 0 Å². The maximum atomic E-state index is 12.4. The molecule has 1 aromatic heterocycles. The molecule has 3 aromatic rings. The fourth-order valence-corrected chi connectivity index (χ4v) is 4.45. The highest BCUT2D eigenvalue weighted by atomic mass is 35.5. The first-order valence-corrected chi connectivity index (χ1v) is 12.1. The van der Waals surface area contributed by atoms with Crippen LogP contribution in [0.4, 0.5) is 0 Å². The summed E-state index contributed by atoms with van der Waals surface area (Å²) in [4.78, 5) is 12.4. The van der Waals surface area contributed by atoms with E-state index >= 15 is 0 Å². The van der Waals surface area contributed by atoms with Gasteiger partial charge in [-0.15, -0.1) is 10.2 Å². The van der Waals surface area contributed by atoms with Crippen molar-refractivity contribution in [2.24, 2.45) is 0 Å². The summed E-state index contributed by atoms with van der Waals surface area (Å²) < 4.78 is 1.89. The van der Waals surface area contributed by atoms with Crippen molar-refractivity contribution in [3.63, 3.8) is 0 Å². The number of benzene rings is 2. The Labute approximate surface area is 197 Å². The Hall–Kier alpha value is -2.02. The number of rotatable bonds is 10. The molecule has 1 unspecified atom stereocenters. The number of carbonyl (C=O) groups is 1. The second-order valence-corrected chi connectivity index (χ2v) is 9.08. The monoisotopic (exact) mass is 476 g/mol. The number of hydrogen-bond acceptors (Lipinski definition) is 4. The molecular formula is C23H26Cl2N4OS. The molecule has 164 valence electrons. The minimum atomic E-state index is -0.331. The molecule has 31 heavy (non-hydrogen) atoms. The lowest BCUT2D eigenvalue weighted by Gasteiger charge is -2.17. The molecule has 0 aliphatic heterocycles. The normalized spacial score (nSPS) is 12.0. The van der Waals surface area contributed by atoms with Gasteiger partial charge in [0.25, 0.3) is 0 Å². The van der Waals surface area contributed by atoms with E-state index in [0.717, 1.165) is 25.0 Å². The highest BCUT2D eigenvalue weighted by Gasteiger charge is 2.22. The van der Waals surface area contributed by atoms with Crippen molar-refractivity contribution >= 4 is 40.9 Å². The van der Waals surface area contributed by atoms with E-state index in [4.69, 9.17) is 23.2 Å². The first kappa shape index (κ1) is 23.6. The molecular weight excluding hydrogens is 451 g/mol. The molecule has 5 nitrogen and oxygen atoms in total. The minimum Gasteiger partial charge on any atom is -0.346 e. The van der Waals surface area contributed by atoms with Gasteiger partial charge < -0.3 is 5.32 Å². The zero-order chi connectivity index (χ0) is 22.2. The van der Waals surface area contributed by atoms with E-state index in [1.54, 1.807) is 30.0 Å². The summed E-state index contributed by atoms with van der Waals surface area (Å²) in [6, 6.07) is 15.1. The zero-order valence-corrected chi connectivity index (χ0v) is 20.0. The quantitative estimate of drug-likeness (QED) is 0.263. The molecule has 0 fully saturated rings. The SMILES string of the molecule is CCCCCC(=O)NC(C)c1nnc(SCc2ccccc2)n1-c1cc(Cl)ccc1Cl. The van der Waals surface area contributed by atoms with Crippen LogP contribution in [0.25, 0.3) is 5.69 Å². The predicted octanol–water partition coefficient (Wildman–Crippen LogP) is 6.62. The topological polar surface area (TPSA) is 59.8 Å². The molecule has 0 spiro atoms. The molecule has 0 bridgehead atoms. The van der Waals surface area contributed by atoms with Gasteiger partial charge in [-0.3, -0.25) is 9.36 Å².